The molecule has 0 unspecified atom stereocenters. The normalized spacial score (nSPS) is 16.0. The van der Waals surface area contributed by atoms with Crippen LogP contribution in [0.25, 0.3) is 10.8 Å². The molecule has 0 bridgehead atoms. The molecule has 3 aromatic rings. The second-order valence-electron chi connectivity index (χ2n) is 7.44. The number of likely N-dealkylation sites (tertiary alicyclic amines) is 1. The number of hydrogen-bond donors (Lipinski definition) is 1. The van der Waals surface area contributed by atoms with Crippen molar-refractivity contribution in [3.05, 3.63) is 60.3 Å². The van der Waals surface area contributed by atoms with Crippen LogP contribution in [0.15, 0.2) is 54.7 Å². The van der Waals surface area contributed by atoms with Crippen molar-refractivity contribution < 1.29 is 9.84 Å². The maximum absolute atomic E-state index is 10.6. The summed E-state index contributed by atoms with van der Waals surface area (Å²) in [6, 6.07) is 16.8. The molecule has 0 amide bonds. The molecule has 1 N–H and O–H groups in total. The lowest BCUT2D eigenvalue weighted by Crippen LogP contribution is -2.35. The van der Waals surface area contributed by atoms with Gasteiger partial charge in [-0.3, -0.25) is 0 Å². The van der Waals surface area contributed by atoms with Crippen LogP contribution in [0.1, 0.15) is 30.9 Å². The van der Waals surface area contributed by atoms with Crippen LogP contribution >= 0.6 is 0 Å². The van der Waals surface area contributed by atoms with E-state index in [0.29, 0.717) is 11.9 Å². The Morgan fingerprint density at radius 3 is 2.56 bits per heavy atom. The molecule has 4 heteroatoms. The molecule has 2 aromatic carbocycles. The lowest BCUT2D eigenvalue weighted by molar-refractivity contribution is 0.180. The molecule has 2 heterocycles. The Hall–Kier alpha value is -2.46. The summed E-state index contributed by atoms with van der Waals surface area (Å²) in [7, 11) is 1.74. The topological polar surface area (TPSA) is 37.6 Å². The molecular formula is C23H28N2O2. The van der Waals surface area contributed by atoms with Gasteiger partial charge in [-0.1, -0.05) is 36.4 Å². The van der Waals surface area contributed by atoms with Crippen molar-refractivity contribution in [3.8, 4) is 11.6 Å². The zero-order valence-electron chi connectivity index (χ0n) is 16.0. The van der Waals surface area contributed by atoms with Gasteiger partial charge in [0.05, 0.1) is 7.11 Å². The average Bonchev–Trinajstić information content (AvgIpc) is 3.06. The Kier molecular flexibility index (Phi) is 5.35. The molecule has 0 atom stereocenters. The van der Waals surface area contributed by atoms with Crippen molar-refractivity contribution in [2.75, 3.05) is 26.7 Å². The number of benzene rings is 2. The molecule has 0 radical (unpaired) electrons. The van der Waals surface area contributed by atoms with E-state index in [1.807, 2.05) is 30.3 Å². The quantitative estimate of drug-likeness (QED) is 0.693. The summed E-state index contributed by atoms with van der Waals surface area (Å²) in [5.41, 5.74) is 1.29. The lowest BCUT2D eigenvalue weighted by atomic mass is 10.0. The Morgan fingerprint density at radius 1 is 1.04 bits per heavy atom. The SMILES string of the molecule is COc1ccccc1CCCN1CCC(n2cc3ccccc3c2O)CC1. The van der Waals surface area contributed by atoms with E-state index in [2.05, 4.69) is 33.9 Å². The fourth-order valence-electron chi connectivity index (χ4n) is 4.27. The molecule has 27 heavy (non-hydrogen) atoms. The van der Waals surface area contributed by atoms with Crippen molar-refractivity contribution in [2.45, 2.75) is 31.7 Å². The molecule has 4 rings (SSSR count). The number of aromatic hydroxyl groups is 1. The number of piperidine rings is 1. The van der Waals surface area contributed by atoms with Crippen LogP contribution in [-0.2, 0) is 6.42 Å². The van der Waals surface area contributed by atoms with Crippen molar-refractivity contribution in [1.82, 2.24) is 9.47 Å². The van der Waals surface area contributed by atoms with Crippen LogP contribution in [-0.4, -0.2) is 41.3 Å². The number of rotatable bonds is 6. The Morgan fingerprint density at radius 2 is 1.78 bits per heavy atom. The van der Waals surface area contributed by atoms with Gasteiger partial charge in [0.2, 0.25) is 0 Å². The predicted octanol–water partition coefficient (Wildman–Crippen LogP) is 4.63. The highest BCUT2D eigenvalue weighted by molar-refractivity contribution is 5.87. The number of methoxy groups -OCH3 is 1. The maximum atomic E-state index is 10.6. The summed E-state index contributed by atoms with van der Waals surface area (Å²) in [6.45, 7) is 3.29. The summed E-state index contributed by atoms with van der Waals surface area (Å²) < 4.78 is 7.53. The highest BCUT2D eigenvalue weighted by Gasteiger charge is 2.22. The van der Waals surface area contributed by atoms with Crippen LogP contribution in [0.4, 0.5) is 0 Å². The van der Waals surface area contributed by atoms with Crippen LogP contribution in [0, 0.1) is 0 Å². The zero-order chi connectivity index (χ0) is 18.6. The van der Waals surface area contributed by atoms with Crippen molar-refractivity contribution >= 4 is 10.8 Å². The lowest BCUT2D eigenvalue weighted by Gasteiger charge is -2.33. The molecule has 1 saturated heterocycles. The molecule has 1 aliphatic heterocycles. The highest BCUT2D eigenvalue weighted by Crippen LogP contribution is 2.34. The van der Waals surface area contributed by atoms with Gasteiger partial charge >= 0.3 is 0 Å². The maximum Gasteiger partial charge on any atom is 0.199 e. The zero-order valence-corrected chi connectivity index (χ0v) is 16.0. The van der Waals surface area contributed by atoms with E-state index >= 15 is 0 Å². The third-order valence-corrected chi connectivity index (χ3v) is 5.79. The molecule has 142 valence electrons. The van der Waals surface area contributed by atoms with E-state index in [9.17, 15) is 5.11 Å². The van der Waals surface area contributed by atoms with Gasteiger partial charge in [0.1, 0.15) is 5.75 Å². The Balaban J connectivity index is 1.30. The molecule has 0 saturated carbocycles. The van der Waals surface area contributed by atoms with E-state index < -0.39 is 0 Å². The second-order valence-corrected chi connectivity index (χ2v) is 7.44. The predicted molar refractivity (Wildman–Crippen MR) is 110 cm³/mol. The average molecular weight is 364 g/mol. The number of hydrogen-bond acceptors (Lipinski definition) is 3. The Bertz CT molecular complexity index is 894. The monoisotopic (exact) mass is 364 g/mol. The molecule has 0 aliphatic carbocycles. The molecule has 1 aromatic heterocycles. The number of aromatic nitrogens is 1. The minimum atomic E-state index is 0.392. The smallest absolute Gasteiger partial charge is 0.199 e. The minimum absolute atomic E-state index is 0.392. The molecule has 1 fully saturated rings. The third-order valence-electron chi connectivity index (χ3n) is 5.79. The fourth-order valence-corrected chi connectivity index (χ4v) is 4.27. The van der Waals surface area contributed by atoms with Crippen LogP contribution < -0.4 is 4.74 Å². The van der Waals surface area contributed by atoms with Gasteiger partial charge in [0.15, 0.2) is 5.88 Å². The van der Waals surface area contributed by atoms with Gasteiger partial charge in [-0.15, -0.1) is 0 Å². The van der Waals surface area contributed by atoms with Gasteiger partial charge in [0, 0.05) is 36.1 Å². The molecule has 0 spiro atoms. The largest absolute Gasteiger partial charge is 0.496 e. The van der Waals surface area contributed by atoms with E-state index in [-0.39, 0.29) is 0 Å². The number of para-hydroxylation sites is 1. The minimum Gasteiger partial charge on any atom is -0.496 e. The summed E-state index contributed by atoms with van der Waals surface area (Å²) >= 11 is 0. The van der Waals surface area contributed by atoms with E-state index in [0.717, 1.165) is 61.8 Å². The van der Waals surface area contributed by atoms with Crippen molar-refractivity contribution in [3.63, 3.8) is 0 Å². The number of aryl methyl sites for hydroxylation is 1. The first-order chi connectivity index (χ1) is 13.3. The van der Waals surface area contributed by atoms with Crippen molar-refractivity contribution in [1.29, 1.82) is 0 Å². The first-order valence-electron chi connectivity index (χ1n) is 9.89. The summed E-state index contributed by atoms with van der Waals surface area (Å²) in [5, 5.41) is 12.6. The van der Waals surface area contributed by atoms with Crippen LogP contribution in [0.5, 0.6) is 11.6 Å². The number of fused-ring (bicyclic) bond motifs is 1. The van der Waals surface area contributed by atoms with Gasteiger partial charge in [0.25, 0.3) is 0 Å². The highest BCUT2D eigenvalue weighted by atomic mass is 16.5. The van der Waals surface area contributed by atoms with Crippen LogP contribution in [0.3, 0.4) is 0 Å². The summed E-state index contributed by atoms with van der Waals surface area (Å²) in [5.74, 6) is 1.41. The second kappa shape index (κ2) is 8.05. The van der Waals surface area contributed by atoms with E-state index in [1.165, 1.54) is 5.56 Å². The summed E-state index contributed by atoms with van der Waals surface area (Å²) in [4.78, 5) is 2.55. The molecular weight excluding hydrogens is 336 g/mol. The first-order valence-corrected chi connectivity index (χ1v) is 9.89. The summed E-state index contributed by atoms with van der Waals surface area (Å²) in [6.07, 6.45) is 6.47. The van der Waals surface area contributed by atoms with Crippen LogP contribution in [0.2, 0.25) is 0 Å². The standard InChI is InChI=1S/C23H28N2O2/c1-27-22-11-5-3-7-18(22)9-6-14-24-15-12-20(13-16-24)25-17-19-8-2-4-10-21(19)23(25)26/h2-5,7-8,10-11,17,20,26H,6,9,12-16H2,1H3. The Labute approximate surface area is 161 Å². The van der Waals surface area contributed by atoms with E-state index in [4.69, 9.17) is 4.74 Å². The van der Waals surface area contributed by atoms with E-state index in [1.54, 1.807) is 7.11 Å². The van der Waals surface area contributed by atoms with Gasteiger partial charge in [-0.05, 0) is 49.9 Å². The van der Waals surface area contributed by atoms with Gasteiger partial charge in [-0.25, -0.2) is 0 Å². The van der Waals surface area contributed by atoms with Crippen molar-refractivity contribution in [2.24, 2.45) is 0 Å². The van der Waals surface area contributed by atoms with Gasteiger partial charge < -0.3 is 19.3 Å². The molecule has 4 nitrogen and oxygen atoms in total. The fraction of sp³-hybridized carbons (Fsp3) is 0.391. The molecule has 1 aliphatic rings. The van der Waals surface area contributed by atoms with Gasteiger partial charge in [-0.2, -0.15) is 0 Å². The number of ether oxygens (including phenoxy) is 1. The first kappa shape index (κ1) is 17.9. The third kappa shape index (κ3) is 3.81. The number of nitrogens with zero attached hydrogens (tertiary/aromatic N) is 2.